The van der Waals surface area contributed by atoms with Crippen molar-refractivity contribution >= 4 is 44.4 Å². The summed E-state index contributed by atoms with van der Waals surface area (Å²) in [5.74, 6) is -0.669. The Kier molecular flexibility index (Phi) is 4.56. The van der Waals surface area contributed by atoms with Crippen molar-refractivity contribution in [2.75, 3.05) is 11.9 Å². The molecule has 8 heteroatoms. The van der Waals surface area contributed by atoms with Crippen molar-refractivity contribution < 1.29 is 19.1 Å². The van der Waals surface area contributed by atoms with Crippen LogP contribution in [0.4, 0.5) is 5.13 Å². The molecule has 0 unspecified atom stereocenters. The van der Waals surface area contributed by atoms with Gasteiger partial charge < -0.3 is 10.1 Å². The normalized spacial score (nSPS) is 14.3. The van der Waals surface area contributed by atoms with E-state index in [2.05, 4.69) is 10.3 Å². The Morgan fingerprint density at radius 3 is 2.50 bits per heavy atom. The summed E-state index contributed by atoms with van der Waals surface area (Å²) < 4.78 is 6.34. The van der Waals surface area contributed by atoms with E-state index in [9.17, 15) is 14.4 Å². The molecule has 0 saturated carbocycles. The molecule has 0 spiro atoms. The number of amides is 3. The largest absolute Gasteiger partial charge is 0.494 e. The summed E-state index contributed by atoms with van der Waals surface area (Å²) in [4.78, 5) is 43.1. The number of nitrogens with zero attached hydrogens (tertiary/aromatic N) is 2. The maximum Gasteiger partial charge on any atom is 0.262 e. The van der Waals surface area contributed by atoms with E-state index in [0.717, 1.165) is 20.9 Å². The number of carbonyl (C=O) groups excluding carboxylic acids is 3. The maximum absolute atomic E-state index is 12.7. The summed E-state index contributed by atoms with van der Waals surface area (Å²) in [5, 5.41) is 3.11. The van der Waals surface area contributed by atoms with Gasteiger partial charge in [-0.2, -0.15) is 0 Å². The van der Waals surface area contributed by atoms with E-state index in [1.165, 1.54) is 18.3 Å². The number of hydrogen-bond donors (Lipinski definition) is 1. The Morgan fingerprint density at radius 2 is 1.86 bits per heavy atom. The van der Waals surface area contributed by atoms with Gasteiger partial charge >= 0.3 is 0 Å². The minimum absolute atomic E-state index is 0.315. The predicted octanol–water partition coefficient (Wildman–Crippen LogP) is 3.32. The molecule has 7 nitrogen and oxygen atoms in total. The Bertz CT molecular complexity index is 1070. The fourth-order valence-corrected chi connectivity index (χ4v) is 4.00. The number of anilines is 1. The highest BCUT2D eigenvalue weighted by Crippen LogP contribution is 2.30. The first kappa shape index (κ1) is 18.1. The molecule has 3 amide bonds. The van der Waals surface area contributed by atoms with Gasteiger partial charge in [0.15, 0.2) is 5.13 Å². The summed E-state index contributed by atoms with van der Waals surface area (Å²) in [6, 6.07) is 11.1. The van der Waals surface area contributed by atoms with Crippen molar-refractivity contribution in [2.24, 2.45) is 0 Å². The van der Waals surface area contributed by atoms with Crippen molar-refractivity contribution in [1.82, 2.24) is 9.88 Å². The highest BCUT2D eigenvalue weighted by Gasteiger charge is 2.40. The Balaban J connectivity index is 1.53. The lowest BCUT2D eigenvalue weighted by molar-refractivity contribution is -0.119. The van der Waals surface area contributed by atoms with Gasteiger partial charge in [0, 0.05) is 0 Å². The van der Waals surface area contributed by atoms with E-state index < -0.39 is 23.8 Å². The first-order chi connectivity index (χ1) is 13.5. The Morgan fingerprint density at radius 1 is 1.18 bits per heavy atom. The van der Waals surface area contributed by atoms with Crippen molar-refractivity contribution in [3.63, 3.8) is 0 Å². The second-order valence-corrected chi connectivity index (χ2v) is 7.30. The number of rotatable bonds is 5. The molecular weight excluding hydrogens is 378 g/mol. The molecule has 1 atom stereocenters. The number of ether oxygens (including phenoxy) is 1. The van der Waals surface area contributed by atoms with Gasteiger partial charge in [0.1, 0.15) is 11.8 Å². The van der Waals surface area contributed by atoms with Crippen molar-refractivity contribution in [3.8, 4) is 5.75 Å². The zero-order chi connectivity index (χ0) is 19.8. The van der Waals surface area contributed by atoms with Crippen LogP contribution >= 0.6 is 11.3 Å². The number of aromatic nitrogens is 1. The summed E-state index contributed by atoms with van der Waals surface area (Å²) in [5.41, 5.74) is 1.36. The molecule has 0 fully saturated rings. The first-order valence-corrected chi connectivity index (χ1v) is 9.62. The number of imide groups is 1. The average Bonchev–Trinajstić information content (AvgIpc) is 3.20. The summed E-state index contributed by atoms with van der Waals surface area (Å²) in [6.07, 6.45) is 0. The van der Waals surface area contributed by atoms with Gasteiger partial charge in [-0.1, -0.05) is 23.5 Å². The van der Waals surface area contributed by atoms with E-state index in [1.807, 2.05) is 25.1 Å². The average molecular weight is 395 g/mol. The standard InChI is InChI=1S/C20H17N3O4S/c1-3-27-12-8-9-15-16(10-12)28-20(21-15)22-17(24)11(2)23-18(25)13-6-4-5-7-14(13)19(23)26/h4-11H,3H2,1-2H3,(H,21,22,24)/t11-/m0/s1. The third kappa shape index (κ3) is 3.01. The molecule has 2 aromatic carbocycles. The topological polar surface area (TPSA) is 88.6 Å². The van der Waals surface area contributed by atoms with Crippen molar-refractivity contribution in [2.45, 2.75) is 19.9 Å². The molecule has 1 aliphatic rings. The second kappa shape index (κ2) is 7.05. The molecule has 1 aromatic heterocycles. The smallest absolute Gasteiger partial charge is 0.262 e. The van der Waals surface area contributed by atoms with Crippen LogP contribution in [0.25, 0.3) is 10.2 Å². The maximum atomic E-state index is 12.7. The van der Waals surface area contributed by atoms with Crippen LogP contribution in [0.2, 0.25) is 0 Å². The Labute approximate surface area is 164 Å². The molecule has 0 bridgehead atoms. The Hall–Kier alpha value is -3.26. The fraction of sp³-hybridized carbons (Fsp3) is 0.200. The number of benzene rings is 2. The van der Waals surface area contributed by atoms with Crippen LogP contribution in [0, 0.1) is 0 Å². The van der Waals surface area contributed by atoms with Gasteiger partial charge in [-0.15, -0.1) is 0 Å². The zero-order valence-corrected chi connectivity index (χ0v) is 16.1. The molecule has 0 aliphatic carbocycles. The number of carbonyl (C=O) groups is 3. The second-order valence-electron chi connectivity index (χ2n) is 6.27. The minimum atomic E-state index is -0.960. The molecule has 0 saturated heterocycles. The molecule has 4 rings (SSSR count). The van der Waals surface area contributed by atoms with Crippen molar-refractivity contribution in [1.29, 1.82) is 0 Å². The minimum Gasteiger partial charge on any atom is -0.494 e. The molecule has 1 aliphatic heterocycles. The van der Waals surface area contributed by atoms with Crippen LogP contribution in [0.3, 0.4) is 0 Å². The first-order valence-electron chi connectivity index (χ1n) is 8.80. The fourth-order valence-electron chi connectivity index (χ4n) is 3.10. The van der Waals surface area contributed by atoms with Crippen LogP contribution < -0.4 is 10.1 Å². The van der Waals surface area contributed by atoms with Crippen LogP contribution in [0.5, 0.6) is 5.75 Å². The van der Waals surface area contributed by atoms with E-state index in [1.54, 1.807) is 24.3 Å². The van der Waals surface area contributed by atoms with E-state index >= 15 is 0 Å². The van der Waals surface area contributed by atoms with E-state index in [4.69, 9.17) is 4.74 Å². The highest BCUT2D eigenvalue weighted by atomic mass is 32.1. The lowest BCUT2D eigenvalue weighted by Crippen LogP contribution is -2.45. The molecule has 28 heavy (non-hydrogen) atoms. The van der Waals surface area contributed by atoms with Gasteiger partial charge in [-0.05, 0) is 44.2 Å². The van der Waals surface area contributed by atoms with Crippen molar-refractivity contribution in [3.05, 3.63) is 53.6 Å². The van der Waals surface area contributed by atoms with Gasteiger partial charge in [-0.25, -0.2) is 4.98 Å². The van der Waals surface area contributed by atoms with Gasteiger partial charge in [-0.3, -0.25) is 19.3 Å². The van der Waals surface area contributed by atoms with Crippen LogP contribution in [0.15, 0.2) is 42.5 Å². The van der Waals surface area contributed by atoms with Gasteiger partial charge in [0.25, 0.3) is 11.8 Å². The van der Waals surface area contributed by atoms with Crippen LogP contribution in [-0.2, 0) is 4.79 Å². The highest BCUT2D eigenvalue weighted by molar-refractivity contribution is 7.22. The number of fused-ring (bicyclic) bond motifs is 2. The molecular formula is C20H17N3O4S. The number of thiazole rings is 1. The van der Waals surface area contributed by atoms with E-state index in [-0.39, 0.29) is 0 Å². The molecule has 0 radical (unpaired) electrons. The SMILES string of the molecule is CCOc1ccc2nc(NC(=O)[C@H](C)N3C(=O)c4ccccc4C3=O)sc2c1. The van der Waals surface area contributed by atoms with Gasteiger partial charge in [0.2, 0.25) is 5.91 Å². The van der Waals surface area contributed by atoms with Crippen LogP contribution in [0.1, 0.15) is 34.6 Å². The predicted molar refractivity (Wildman–Crippen MR) is 106 cm³/mol. The molecule has 1 N–H and O–H groups in total. The number of hydrogen-bond acceptors (Lipinski definition) is 6. The summed E-state index contributed by atoms with van der Waals surface area (Å²) in [7, 11) is 0. The summed E-state index contributed by atoms with van der Waals surface area (Å²) >= 11 is 1.30. The zero-order valence-electron chi connectivity index (χ0n) is 15.3. The molecule has 3 aromatic rings. The van der Waals surface area contributed by atoms with Gasteiger partial charge in [0.05, 0.1) is 28.0 Å². The third-order valence-electron chi connectivity index (χ3n) is 4.49. The lowest BCUT2D eigenvalue weighted by atomic mass is 10.1. The van der Waals surface area contributed by atoms with Crippen LogP contribution in [-0.4, -0.2) is 40.3 Å². The molecule has 2 heterocycles. The quantitative estimate of drug-likeness (QED) is 0.670. The third-order valence-corrected chi connectivity index (χ3v) is 5.43. The van der Waals surface area contributed by atoms with E-state index in [0.29, 0.717) is 22.9 Å². The lowest BCUT2D eigenvalue weighted by Gasteiger charge is -2.21. The summed E-state index contributed by atoms with van der Waals surface area (Å²) in [6.45, 7) is 3.99. The monoisotopic (exact) mass is 395 g/mol. The molecule has 142 valence electrons. The number of nitrogens with one attached hydrogen (secondary N) is 1.